The molecule has 6 heteroatoms. The van der Waals surface area contributed by atoms with Crippen molar-refractivity contribution in [1.29, 1.82) is 0 Å². The van der Waals surface area contributed by atoms with Crippen molar-refractivity contribution in [2.24, 2.45) is 39.4 Å². The topological polar surface area (TPSA) is 115 Å². The normalized spacial score (nSPS) is 47.1. The van der Waals surface area contributed by atoms with E-state index in [1.807, 2.05) is 6.92 Å². The van der Waals surface area contributed by atoms with E-state index >= 15 is 0 Å². The highest BCUT2D eigenvalue weighted by Gasteiger charge is 2.70. The minimum absolute atomic E-state index is 0.0363. The van der Waals surface area contributed by atoms with Gasteiger partial charge in [-0.25, -0.2) is 0 Å². The van der Waals surface area contributed by atoms with Gasteiger partial charge in [0.25, 0.3) is 0 Å². The quantitative estimate of drug-likeness (QED) is 0.406. The number of allylic oxidation sites excluding steroid dienone is 3. The van der Waals surface area contributed by atoms with Gasteiger partial charge in [0.2, 0.25) is 0 Å². The molecule has 2 unspecified atom stereocenters. The van der Waals surface area contributed by atoms with Crippen LogP contribution in [-0.4, -0.2) is 50.5 Å². The van der Waals surface area contributed by atoms with Crippen LogP contribution in [0.2, 0.25) is 0 Å². The van der Waals surface area contributed by atoms with E-state index in [0.717, 1.165) is 25.7 Å². The highest BCUT2D eigenvalue weighted by atomic mass is 16.4. The minimum Gasteiger partial charge on any atom is -0.481 e. The van der Waals surface area contributed by atoms with Gasteiger partial charge < -0.3 is 20.4 Å². The second-order valence-electron chi connectivity index (χ2n) is 13.6. The average Bonchev–Trinajstić information content (AvgIpc) is 3.04. The number of hydrogen-bond donors (Lipinski definition) is 4. The Bertz CT molecular complexity index is 1010. The summed E-state index contributed by atoms with van der Waals surface area (Å²) in [6.07, 6.45) is 3.31. The van der Waals surface area contributed by atoms with Crippen molar-refractivity contribution in [2.75, 3.05) is 0 Å². The lowest BCUT2D eigenvalue weighted by Gasteiger charge is -2.63. The van der Waals surface area contributed by atoms with Crippen LogP contribution in [0.3, 0.4) is 0 Å². The summed E-state index contributed by atoms with van der Waals surface area (Å²) >= 11 is 0. The fourth-order valence-corrected chi connectivity index (χ4v) is 9.21. The summed E-state index contributed by atoms with van der Waals surface area (Å²) in [7, 11) is 0. The maximum Gasteiger partial charge on any atom is 0.312 e. The molecule has 0 saturated heterocycles. The minimum atomic E-state index is -1.58. The summed E-state index contributed by atoms with van der Waals surface area (Å²) in [6, 6.07) is 0. The van der Waals surface area contributed by atoms with Crippen molar-refractivity contribution < 1.29 is 30.0 Å². The first-order valence-electron chi connectivity index (χ1n) is 13.8. The fraction of sp³-hybridized carbons (Fsp3) is 0.800. The van der Waals surface area contributed by atoms with Crippen molar-refractivity contribution in [2.45, 2.75) is 112 Å². The van der Waals surface area contributed by atoms with Crippen LogP contribution >= 0.6 is 0 Å². The molecule has 0 aromatic heterocycles. The summed E-state index contributed by atoms with van der Waals surface area (Å²) in [6.45, 7) is 14.2. The molecule has 4 rings (SSSR count). The molecule has 10 atom stereocenters. The summed E-state index contributed by atoms with van der Waals surface area (Å²) < 4.78 is 0. The molecule has 202 valence electrons. The molecule has 0 aromatic rings. The maximum absolute atomic E-state index is 14.0. The first kappa shape index (κ1) is 27.5. The lowest BCUT2D eigenvalue weighted by molar-refractivity contribution is -0.194. The molecule has 6 nitrogen and oxygen atoms in total. The first-order chi connectivity index (χ1) is 16.6. The number of hydrogen-bond acceptors (Lipinski definition) is 5. The van der Waals surface area contributed by atoms with E-state index in [9.17, 15) is 30.0 Å². The van der Waals surface area contributed by atoms with Gasteiger partial charge in [0.1, 0.15) is 0 Å². The van der Waals surface area contributed by atoms with E-state index < -0.39 is 46.4 Å². The smallest absolute Gasteiger partial charge is 0.312 e. The second kappa shape index (κ2) is 8.78. The number of carbonyl (C=O) groups excluding carboxylic acids is 1. The number of carbonyl (C=O) groups is 2. The van der Waals surface area contributed by atoms with Crippen LogP contribution in [0.5, 0.6) is 0 Å². The zero-order valence-corrected chi connectivity index (χ0v) is 23.1. The summed E-state index contributed by atoms with van der Waals surface area (Å²) in [4.78, 5) is 26.4. The Morgan fingerprint density at radius 3 is 2.33 bits per heavy atom. The summed E-state index contributed by atoms with van der Waals surface area (Å²) in [5, 5.41) is 44.0. The number of aliphatic carboxylic acids is 1. The van der Waals surface area contributed by atoms with Crippen LogP contribution in [-0.2, 0) is 9.59 Å². The Balaban J connectivity index is 1.82. The van der Waals surface area contributed by atoms with Gasteiger partial charge in [0, 0.05) is 29.2 Å². The van der Waals surface area contributed by atoms with Gasteiger partial charge >= 0.3 is 5.97 Å². The van der Waals surface area contributed by atoms with Gasteiger partial charge in [-0.2, -0.15) is 0 Å². The van der Waals surface area contributed by atoms with Gasteiger partial charge in [-0.3, -0.25) is 9.59 Å². The van der Waals surface area contributed by atoms with E-state index in [1.54, 1.807) is 0 Å². The number of ketones is 1. The monoisotopic (exact) mass is 502 g/mol. The predicted octanol–water partition coefficient (Wildman–Crippen LogP) is 4.66. The van der Waals surface area contributed by atoms with Crippen LogP contribution in [0.4, 0.5) is 0 Å². The van der Waals surface area contributed by atoms with Crippen LogP contribution < -0.4 is 0 Å². The zero-order chi connectivity index (χ0) is 27.0. The average molecular weight is 503 g/mol. The lowest BCUT2D eigenvalue weighted by atomic mass is 9.41. The van der Waals surface area contributed by atoms with Gasteiger partial charge in [0.05, 0.1) is 23.7 Å². The van der Waals surface area contributed by atoms with E-state index in [0.29, 0.717) is 29.4 Å². The molecular weight excluding hydrogens is 456 g/mol. The highest BCUT2D eigenvalue weighted by Crippen LogP contribution is 2.71. The number of Topliss-reactive ketones (excluding diaryl/α,β-unsaturated/α-hetero) is 1. The van der Waals surface area contributed by atoms with Crippen LogP contribution in [0.15, 0.2) is 22.8 Å². The van der Waals surface area contributed by atoms with E-state index in [2.05, 4.69) is 40.7 Å². The molecule has 2 saturated carbocycles. The molecule has 0 heterocycles. The SMILES string of the molecule is CC(C)=CCCC(C)[C@H]1CC[C@@]2(C)C3=C([C@@H](O)C[C@]12C)[C@@]1(C)[C@H](O)C[C@H](O)C(C)(C(=O)O)[C@@H]1CC3=O. The molecule has 0 spiro atoms. The standard InChI is InChI=1S/C30H46O6/c1-16(2)9-8-10-17(3)18-11-12-27(4)24-19(31)13-21-29(6,25(24)20(32)15-28(18,27)5)22(33)14-23(34)30(21,7)26(35)36/h9,17-18,20-23,32-34H,8,10-15H2,1-7H3,(H,35,36)/t17?,18-,20+,21-,22-,23+,27+,28-,29-,30?/m1/s1. The van der Waals surface area contributed by atoms with Crippen molar-refractivity contribution in [3.8, 4) is 0 Å². The van der Waals surface area contributed by atoms with Gasteiger partial charge in [-0.15, -0.1) is 0 Å². The number of fused-ring (bicyclic) bond motifs is 4. The van der Waals surface area contributed by atoms with E-state index in [1.165, 1.54) is 12.5 Å². The van der Waals surface area contributed by atoms with E-state index in [-0.39, 0.29) is 24.0 Å². The second-order valence-corrected chi connectivity index (χ2v) is 13.6. The largest absolute Gasteiger partial charge is 0.481 e. The summed E-state index contributed by atoms with van der Waals surface area (Å²) in [5.74, 6) is -1.28. The van der Waals surface area contributed by atoms with Crippen molar-refractivity contribution >= 4 is 11.8 Å². The van der Waals surface area contributed by atoms with Crippen molar-refractivity contribution in [1.82, 2.24) is 0 Å². The number of carboxylic acids is 1. The number of aliphatic hydroxyl groups is 3. The highest BCUT2D eigenvalue weighted by molar-refractivity contribution is 6.00. The molecule has 0 aromatic carbocycles. The van der Waals surface area contributed by atoms with Gasteiger partial charge in [0.15, 0.2) is 5.78 Å². The van der Waals surface area contributed by atoms with Crippen LogP contribution in [0, 0.1) is 39.4 Å². The third-order valence-corrected chi connectivity index (χ3v) is 11.7. The Morgan fingerprint density at radius 1 is 1.11 bits per heavy atom. The van der Waals surface area contributed by atoms with E-state index in [4.69, 9.17) is 0 Å². The first-order valence-corrected chi connectivity index (χ1v) is 13.8. The summed E-state index contributed by atoms with van der Waals surface area (Å²) in [5.41, 5.74) is -0.889. The Kier molecular flexibility index (Phi) is 6.71. The predicted molar refractivity (Wildman–Crippen MR) is 138 cm³/mol. The molecule has 36 heavy (non-hydrogen) atoms. The number of aliphatic hydroxyl groups excluding tert-OH is 3. The molecule has 0 aliphatic heterocycles. The lowest BCUT2D eigenvalue weighted by Crippen LogP contribution is -2.66. The molecule has 0 bridgehead atoms. The molecule has 4 aliphatic carbocycles. The molecule has 0 radical (unpaired) electrons. The van der Waals surface area contributed by atoms with Crippen molar-refractivity contribution in [3.05, 3.63) is 22.8 Å². The third kappa shape index (κ3) is 3.46. The number of carboxylic acid groups (broad SMARTS) is 1. The number of rotatable bonds is 5. The maximum atomic E-state index is 14.0. The molecule has 4 N–H and O–H groups in total. The zero-order valence-electron chi connectivity index (χ0n) is 23.1. The van der Waals surface area contributed by atoms with Crippen LogP contribution in [0.1, 0.15) is 93.4 Å². The molecule has 4 aliphatic rings. The van der Waals surface area contributed by atoms with Crippen molar-refractivity contribution in [3.63, 3.8) is 0 Å². The molecule has 2 fully saturated rings. The fourth-order valence-electron chi connectivity index (χ4n) is 9.21. The Hall–Kier alpha value is -1.50. The van der Waals surface area contributed by atoms with Gasteiger partial charge in [-0.05, 0) is 81.6 Å². The molecule has 0 amide bonds. The molecular formula is C30H46O6. The van der Waals surface area contributed by atoms with Gasteiger partial charge in [-0.1, -0.05) is 39.3 Å². The third-order valence-electron chi connectivity index (χ3n) is 11.7. The van der Waals surface area contributed by atoms with Crippen LogP contribution in [0.25, 0.3) is 0 Å². The Labute approximate surface area is 215 Å². The Morgan fingerprint density at radius 2 is 1.75 bits per heavy atom.